The number of benzene rings is 1. The van der Waals surface area contributed by atoms with Gasteiger partial charge in [0.05, 0.1) is 5.02 Å². The Balaban J connectivity index is 1.97. The van der Waals surface area contributed by atoms with Gasteiger partial charge < -0.3 is 19.6 Å². The number of carbonyl (C=O) groups is 2. The average molecular weight is 336 g/mol. The summed E-state index contributed by atoms with van der Waals surface area (Å²) >= 11 is 6.19. The van der Waals surface area contributed by atoms with Crippen LogP contribution < -0.4 is 10.1 Å². The molecule has 1 amide bonds. The summed E-state index contributed by atoms with van der Waals surface area (Å²) in [4.78, 5) is 22.6. The Morgan fingerprint density at radius 3 is 2.78 bits per heavy atom. The Bertz CT molecular complexity index is 809. The highest BCUT2D eigenvalue weighted by Gasteiger charge is 2.33. The van der Waals surface area contributed by atoms with Crippen molar-refractivity contribution in [2.24, 2.45) is 0 Å². The number of halogens is 1. The van der Waals surface area contributed by atoms with E-state index in [1.165, 1.54) is 12.1 Å². The lowest BCUT2D eigenvalue weighted by atomic mass is 9.78. The van der Waals surface area contributed by atoms with E-state index in [1.54, 1.807) is 12.1 Å². The molecule has 3 rings (SSSR count). The molecule has 0 saturated heterocycles. The number of amides is 1. The molecule has 1 aliphatic heterocycles. The van der Waals surface area contributed by atoms with Crippen molar-refractivity contribution in [3.63, 3.8) is 0 Å². The van der Waals surface area contributed by atoms with E-state index in [-0.39, 0.29) is 28.1 Å². The molecule has 2 N–H and O–H groups in total. The predicted molar refractivity (Wildman–Crippen MR) is 83.5 cm³/mol. The zero-order valence-electron chi connectivity index (χ0n) is 12.5. The average Bonchev–Trinajstić information content (AvgIpc) is 2.88. The third kappa shape index (κ3) is 2.90. The molecule has 1 aromatic heterocycles. The van der Waals surface area contributed by atoms with E-state index in [0.717, 1.165) is 5.56 Å². The van der Waals surface area contributed by atoms with Crippen molar-refractivity contribution in [1.82, 2.24) is 0 Å². The Kier molecular flexibility index (Phi) is 3.56. The van der Waals surface area contributed by atoms with Crippen LogP contribution in [0.25, 0.3) is 0 Å². The Hall–Kier alpha value is -2.47. The number of fused-ring (bicyclic) bond motifs is 1. The molecule has 0 radical (unpaired) electrons. The van der Waals surface area contributed by atoms with Gasteiger partial charge in [0.25, 0.3) is 5.95 Å². The first-order valence-electron chi connectivity index (χ1n) is 6.91. The van der Waals surface area contributed by atoms with Gasteiger partial charge in [-0.3, -0.25) is 4.79 Å². The molecule has 0 aliphatic carbocycles. The fourth-order valence-corrected chi connectivity index (χ4v) is 2.79. The fraction of sp³-hybridized carbons (Fsp3) is 0.250. The van der Waals surface area contributed by atoms with Crippen LogP contribution in [-0.2, 0) is 10.2 Å². The summed E-state index contributed by atoms with van der Waals surface area (Å²) in [6.07, 6.45) is 0.352. The number of nitrogens with one attached hydrogen (secondary N) is 1. The first kappa shape index (κ1) is 15.4. The molecular formula is C16H14ClNO5. The van der Waals surface area contributed by atoms with Crippen LogP contribution in [-0.4, -0.2) is 17.0 Å². The van der Waals surface area contributed by atoms with Crippen molar-refractivity contribution >= 4 is 29.2 Å². The van der Waals surface area contributed by atoms with Gasteiger partial charge in [-0.1, -0.05) is 25.4 Å². The molecule has 0 bridgehead atoms. The molecule has 0 saturated carbocycles. The van der Waals surface area contributed by atoms with Gasteiger partial charge in [-0.2, -0.15) is 0 Å². The van der Waals surface area contributed by atoms with Gasteiger partial charge in [0.15, 0.2) is 0 Å². The van der Waals surface area contributed by atoms with Gasteiger partial charge in [-0.15, -0.1) is 0 Å². The molecule has 7 heteroatoms. The number of hydrogen-bond donors (Lipinski definition) is 2. The largest absolute Gasteiger partial charge is 0.475 e. The van der Waals surface area contributed by atoms with Crippen molar-refractivity contribution < 1.29 is 23.8 Å². The van der Waals surface area contributed by atoms with Gasteiger partial charge in [-0.25, -0.2) is 4.79 Å². The van der Waals surface area contributed by atoms with Crippen LogP contribution in [0.3, 0.4) is 0 Å². The summed E-state index contributed by atoms with van der Waals surface area (Å²) in [5.41, 5.74) is 1.17. The smallest absolute Gasteiger partial charge is 0.371 e. The first-order chi connectivity index (χ1) is 10.8. The van der Waals surface area contributed by atoms with Gasteiger partial charge in [0.2, 0.25) is 11.7 Å². The Labute approximate surface area is 137 Å². The van der Waals surface area contributed by atoms with Crippen molar-refractivity contribution in [2.45, 2.75) is 25.7 Å². The summed E-state index contributed by atoms with van der Waals surface area (Å²) in [7, 11) is 0. The highest BCUT2D eigenvalue weighted by molar-refractivity contribution is 6.32. The number of hydrogen-bond acceptors (Lipinski definition) is 4. The SMILES string of the molecule is CC1(C)CC(=O)Nc2cc(Cl)c(Oc3ccc(C(=O)O)o3)cc21. The number of aromatic carboxylic acids is 1. The highest BCUT2D eigenvalue weighted by Crippen LogP contribution is 2.43. The maximum Gasteiger partial charge on any atom is 0.371 e. The summed E-state index contributed by atoms with van der Waals surface area (Å²) in [5, 5.41) is 11.9. The zero-order chi connectivity index (χ0) is 16.8. The minimum Gasteiger partial charge on any atom is -0.475 e. The third-order valence-corrected chi connectivity index (χ3v) is 3.98. The summed E-state index contributed by atoms with van der Waals surface area (Å²) in [5.74, 6) is -1.10. The van der Waals surface area contributed by atoms with E-state index < -0.39 is 5.97 Å². The van der Waals surface area contributed by atoms with E-state index in [9.17, 15) is 9.59 Å². The number of furan rings is 1. The number of anilines is 1. The van der Waals surface area contributed by atoms with E-state index >= 15 is 0 Å². The minimum absolute atomic E-state index is 0.0295. The summed E-state index contributed by atoms with van der Waals surface area (Å²) < 4.78 is 10.6. The lowest BCUT2D eigenvalue weighted by molar-refractivity contribution is -0.117. The first-order valence-corrected chi connectivity index (χ1v) is 7.29. The Morgan fingerprint density at radius 1 is 1.39 bits per heavy atom. The normalized spacial score (nSPS) is 15.7. The minimum atomic E-state index is -1.18. The second kappa shape index (κ2) is 5.31. The highest BCUT2D eigenvalue weighted by atomic mass is 35.5. The number of rotatable bonds is 3. The van der Waals surface area contributed by atoms with E-state index in [4.69, 9.17) is 25.9 Å². The lowest BCUT2D eigenvalue weighted by Gasteiger charge is -2.32. The molecule has 0 unspecified atom stereocenters. The molecule has 2 heterocycles. The van der Waals surface area contributed by atoms with Crippen molar-refractivity contribution in [1.29, 1.82) is 0 Å². The maximum atomic E-state index is 11.7. The molecule has 6 nitrogen and oxygen atoms in total. The standard InChI is InChI=1S/C16H14ClNO5/c1-16(2)7-13(19)18-10-6-9(17)12(5-8(10)16)23-14-4-3-11(22-14)15(20)21/h3-6H,7H2,1-2H3,(H,18,19)(H,20,21). The van der Waals surface area contributed by atoms with E-state index in [2.05, 4.69) is 5.32 Å². The van der Waals surface area contributed by atoms with Gasteiger partial charge in [0.1, 0.15) is 5.75 Å². The van der Waals surface area contributed by atoms with Crippen molar-refractivity contribution in [2.75, 3.05) is 5.32 Å². The van der Waals surface area contributed by atoms with Crippen LogP contribution in [0.2, 0.25) is 5.02 Å². The molecule has 0 fully saturated rings. The summed E-state index contributed by atoms with van der Waals surface area (Å²) in [6.45, 7) is 3.91. The zero-order valence-corrected chi connectivity index (χ0v) is 13.2. The van der Waals surface area contributed by atoms with Crippen LogP contribution in [0.4, 0.5) is 5.69 Å². The monoisotopic (exact) mass is 335 g/mol. The second-order valence-electron chi connectivity index (χ2n) is 5.96. The van der Waals surface area contributed by atoms with Crippen LogP contribution in [0, 0.1) is 0 Å². The van der Waals surface area contributed by atoms with E-state index in [1.807, 2.05) is 13.8 Å². The number of carboxylic acids is 1. The van der Waals surface area contributed by atoms with E-state index in [0.29, 0.717) is 17.9 Å². The van der Waals surface area contributed by atoms with Gasteiger partial charge in [-0.05, 0) is 23.8 Å². The van der Waals surface area contributed by atoms with Gasteiger partial charge >= 0.3 is 5.97 Å². The summed E-state index contributed by atoms with van der Waals surface area (Å²) in [6, 6.07) is 6.06. The van der Waals surface area contributed by atoms with Crippen LogP contribution in [0.5, 0.6) is 11.7 Å². The predicted octanol–water partition coefficient (Wildman–Crippen LogP) is 4.04. The van der Waals surface area contributed by atoms with Crippen LogP contribution >= 0.6 is 11.6 Å². The lowest BCUT2D eigenvalue weighted by Crippen LogP contribution is -2.32. The molecule has 120 valence electrons. The molecule has 2 aromatic rings. The van der Waals surface area contributed by atoms with Gasteiger partial charge in [0, 0.05) is 23.6 Å². The third-order valence-electron chi connectivity index (χ3n) is 3.68. The Morgan fingerprint density at radius 2 is 2.13 bits per heavy atom. The molecular weight excluding hydrogens is 322 g/mol. The molecule has 1 aromatic carbocycles. The van der Waals surface area contributed by atoms with Crippen molar-refractivity contribution in [3.8, 4) is 11.7 Å². The number of carboxylic acid groups (broad SMARTS) is 1. The van der Waals surface area contributed by atoms with Crippen molar-refractivity contribution in [3.05, 3.63) is 40.6 Å². The topological polar surface area (TPSA) is 88.8 Å². The number of ether oxygens (including phenoxy) is 1. The fourth-order valence-electron chi connectivity index (χ4n) is 2.58. The number of carbonyl (C=O) groups excluding carboxylic acids is 1. The van der Waals surface area contributed by atoms with Crippen LogP contribution in [0.15, 0.2) is 28.7 Å². The molecule has 0 spiro atoms. The molecule has 23 heavy (non-hydrogen) atoms. The quantitative estimate of drug-likeness (QED) is 0.883. The molecule has 1 aliphatic rings. The van der Waals surface area contributed by atoms with Crippen LogP contribution in [0.1, 0.15) is 36.4 Å². The molecule has 0 atom stereocenters. The maximum absolute atomic E-state index is 11.7. The second-order valence-corrected chi connectivity index (χ2v) is 6.37.